The van der Waals surface area contributed by atoms with Gasteiger partial charge in [-0.25, -0.2) is 29.6 Å². The Kier molecular flexibility index (Phi) is 22.6. The number of benzene rings is 5. The van der Waals surface area contributed by atoms with Crippen LogP contribution in [0.1, 0.15) is 65.1 Å². The standard InChI is InChI=1S/C61H74ClF4N6O11PS4/c1-7-82-84(74,83-8-2)36-12-35-81-60(73)45-25-28-69(29-26-45)30-27-50(41-85-53-13-10-9-11-14-53)67-55-24-23-54(40-56(55)87(77,78)61(64,65)66)88(79,80)68-49-19-21-51(22-20-49)70-31-33-71(34-32-70)52-38-46(37-48(63)39-52)57-58(44-15-17-47(62)18-16-44)72(42(3)4)43(5)59(57)86(6,75)76/h9-11,13-24,37-40,42,45,50,67-68H,7-8,12,25-36,41H2,1-6H3/t50-/m1/s1. The monoisotopic (exact) mass is 1340 g/mol. The topological polar surface area (TPSA) is 203 Å². The van der Waals surface area contributed by atoms with Crippen molar-refractivity contribution in [3.63, 3.8) is 0 Å². The minimum absolute atomic E-state index is 0.0489. The number of alkyl halides is 3. The minimum Gasteiger partial charge on any atom is -0.465 e. The van der Waals surface area contributed by atoms with Crippen molar-refractivity contribution >= 4 is 89.4 Å². The summed E-state index contributed by atoms with van der Waals surface area (Å²) in [6, 6.07) is 28.9. The van der Waals surface area contributed by atoms with Gasteiger partial charge in [-0.1, -0.05) is 41.9 Å². The van der Waals surface area contributed by atoms with Gasteiger partial charge in [-0.2, -0.15) is 13.2 Å². The summed E-state index contributed by atoms with van der Waals surface area (Å²) in [5.41, 5.74) is -2.32. The third-order valence-corrected chi connectivity index (χ3v) is 23.0. The number of rotatable bonds is 27. The molecule has 1 atom stereocenters. The molecule has 2 saturated heterocycles. The highest BCUT2D eigenvalue weighted by molar-refractivity contribution is 7.99. The van der Waals surface area contributed by atoms with Gasteiger partial charge < -0.3 is 38.4 Å². The molecule has 2 aliphatic heterocycles. The molecule has 27 heteroatoms. The van der Waals surface area contributed by atoms with Gasteiger partial charge in [0, 0.05) is 95.1 Å². The molecular weight excluding hydrogens is 1260 g/mol. The Labute approximate surface area is 522 Å². The van der Waals surface area contributed by atoms with E-state index >= 15 is 4.39 Å². The van der Waals surface area contributed by atoms with Crippen molar-refractivity contribution in [1.82, 2.24) is 9.47 Å². The molecular formula is C61H74ClF4N6O11PS4. The molecule has 17 nitrogen and oxygen atoms in total. The number of ether oxygens (including phenoxy) is 1. The van der Waals surface area contributed by atoms with Crippen LogP contribution in [0, 0.1) is 18.7 Å². The normalized spacial score (nSPS) is 15.4. The van der Waals surface area contributed by atoms with Crippen LogP contribution in [0.15, 0.2) is 135 Å². The van der Waals surface area contributed by atoms with Crippen molar-refractivity contribution in [2.24, 2.45) is 5.92 Å². The second kappa shape index (κ2) is 29.1. The highest BCUT2D eigenvalue weighted by Gasteiger charge is 2.48. The first kappa shape index (κ1) is 68.3. The molecule has 3 heterocycles. The maximum atomic E-state index is 15.8. The largest absolute Gasteiger partial charge is 0.501 e. The summed E-state index contributed by atoms with van der Waals surface area (Å²) in [6.45, 7) is 12.8. The number of nitrogens with one attached hydrogen (secondary N) is 2. The van der Waals surface area contributed by atoms with Crippen molar-refractivity contribution in [2.45, 2.75) is 97.5 Å². The lowest BCUT2D eigenvalue weighted by molar-refractivity contribution is -0.150. The fourth-order valence-corrected chi connectivity index (χ4v) is 17.2. The highest BCUT2D eigenvalue weighted by Crippen LogP contribution is 2.49. The molecule has 478 valence electrons. The van der Waals surface area contributed by atoms with Crippen LogP contribution in [0.25, 0.3) is 22.4 Å². The van der Waals surface area contributed by atoms with Crippen molar-refractivity contribution < 1.29 is 66.0 Å². The van der Waals surface area contributed by atoms with Gasteiger partial charge in [-0.15, -0.1) is 11.8 Å². The molecule has 0 amide bonds. The Balaban J connectivity index is 0.935. The number of nitrogens with zero attached hydrogens (tertiary/aromatic N) is 4. The molecule has 0 aliphatic carbocycles. The summed E-state index contributed by atoms with van der Waals surface area (Å²) in [4.78, 5) is 18.1. The third kappa shape index (κ3) is 16.8. The van der Waals surface area contributed by atoms with Gasteiger partial charge in [0.05, 0.1) is 53.1 Å². The van der Waals surface area contributed by atoms with Crippen molar-refractivity contribution in [2.75, 3.05) is 104 Å². The van der Waals surface area contributed by atoms with E-state index in [0.717, 1.165) is 23.3 Å². The van der Waals surface area contributed by atoms with Crippen LogP contribution >= 0.6 is 31.0 Å². The Morgan fingerprint density at radius 1 is 0.795 bits per heavy atom. The number of thioether (sulfide) groups is 1. The first-order valence-corrected chi connectivity index (χ1v) is 36.9. The van der Waals surface area contributed by atoms with Crippen LogP contribution < -0.4 is 19.8 Å². The summed E-state index contributed by atoms with van der Waals surface area (Å²) in [5, 5.41) is 3.53. The first-order chi connectivity index (χ1) is 41.6. The second-order valence-corrected chi connectivity index (χ2v) is 31.1. The van der Waals surface area contributed by atoms with Crippen LogP contribution in [0.4, 0.5) is 40.3 Å². The number of piperazine rings is 1. The van der Waals surface area contributed by atoms with Gasteiger partial charge in [0.15, 0.2) is 9.84 Å². The number of hydrogen-bond donors (Lipinski definition) is 2. The van der Waals surface area contributed by atoms with E-state index in [1.165, 1.54) is 36.0 Å². The molecule has 0 spiro atoms. The quantitative estimate of drug-likeness (QED) is 0.0162. The van der Waals surface area contributed by atoms with E-state index in [0.29, 0.717) is 122 Å². The number of sulfonamides is 1. The Bertz CT molecular complexity index is 3790. The van der Waals surface area contributed by atoms with Crippen LogP contribution in [-0.2, 0) is 52.8 Å². The number of halogens is 5. The lowest BCUT2D eigenvalue weighted by atomic mass is 9.96. The first-order valence-electron chi connectivity index (χ1n) is 28.9. The summed E-state index contributed by atoms with van der Waals surface area (Å²) < 4.78 is 174. The maximum absolute atomic E-state index is 15.8. The summed E-state index contributed by atoms with van der Waals surface area (Å²) in [7, 11) is -17.9. The van der Waals surface area contributed by atoms with Gasteiger partial charge in [0.25, 0.3) is 19.9 Å². The van der Waals surface area contributed by atoms with Gasteiger partial charge in [-0.05, 0) is 169 Å². The number of likely N-dealkylation sites (tertiary alicyclic amines) is 1. The van der Waals surface area contributed by atoms with E-state index in [4.69, 9.17) is 25.4 Å². The third-order valence-electron chi connectivity index (χ3n) is 15.3. The van der Waals surface area contributed by atoms with Crippen LogP contribution in [-0.4, -0.2) is 136 Å². The van der Waals surface area contributed by atoms with Crippen molar-refractivity contribution in [3.8, 4) is 22.4 Å². The zero-order valence-corrected chi connectivity index (χ0v) is 54.7. The average Bonchev–Trinajstić information content (AvgIpc) is 1.57. The van der Waals surface area contributed by atoms with Crippen molar-refractivity contribution in [3.05, 3.63) is 132 Å². The van der Waals surface area contributed by atoms with E-state index < -0.39 is 70.1 Å². The molecule has 0 radical (unpaired) electrons. The zero-order chi connectivity index (χ0) is 63.8. The van der Waals surface area contributed by atoms with Crippen molar-refractivity contribution in [1.29, 1.82) is 0 Å². The van der Waals surface area contributed by atoms with E-state index in [1.54, 1.807) is 63.2 Å². The van der Waals surface area contributed by atoms with E-state index in [1.807, 2.05) is 58.5 Å². The van der Waals surface area contributed by atoms with E-state index in [-0.39, 0.29) is 60.2 Å². The Morgan fingerprint density at radius 2 is 1.42 bits per heavy atom. The molecule has 0 saturated carbocycles. The second-order valence-electron chi connectivity index (χ2n) is 21.9. The molecule has 2 N–H and O–H groups in total. The number of carbonyl (C=O) groups excluding carboxylic acids is 1. The van der Waals surface area contributed by atoms with Gasteiger partial charge in [0.2, 0.25) is 0 Å². The lowest BCUT2D eigenvalue weighted by Crippen LogP contribution is -2.46. The number of esters is 1. The summed E-state index contributed by atoms with van der Waals surface area (Å²) in [5.74, 6) is -1.01. The predicted octanol–water partition coefficient (Wildman–Crippen LogP) is 13.2. The minimum atomic E-state index is -6.12. The number of sulfone groups is 2. The van der Waals surface area contributed by atoms with Gasteiger partial charge in [-0.3, -0.25) is 14.1 Å². The lowest BCUT2D eigenvalue weighted by Gasteiger charge is -2.37. The number of piperidine rings is 1. The van der Waals surface area contributed by atoms with Gasteiger partial charge >= 0.3 is 19.1 Å². The fourth-order valence-electron chi connectivity index (χ4n) is 11.1. The number of anilines is 4. The maximum Gasteiger partial charge on any atom is 0.501 e. The average molecular weight is 1340 g/mol. The molecule has 0 bridgehead atoms. The SMILES string of the molecule is CCOP(=O)(CCCOC(=O)C1CCN(CC[C@H](CSc2ccccc2)Nc2ccc(S(=O)(=O)Nc3ccc(N4CCN(c5cc(F)cc(-c6c(S(C)(=O)=O)c(C)n(C(C)C)c6-c6ccc(Cl)cc6)c5)CC4)cc3)cc2S(=O)(=O)C(F)(F)F)CC1)OCC. The van der Waals surface area contributed by atoms with E-state index in [9.17, 15) is 47.8 Å². The smallest absolute Gasteiger partial charge is 0.465 e. The van der Waals surface area contributed by atoms with Crippen LogP contribution in [0.2, 0.25) is 5.02 Å². The van der Waals surface area contributed by atoms with Crippen LogP contribution in [0.5, 0.6) is 0 Å². The highest BCUT2D eigenvalue weighted by atomic mass is 35.5. The molecule has 2 aliphatic rings. The summed E-state index contributed by atoms with van der Waals surface area (Å²) >= 11 is 7.66. The zero-order valence-electron chi connectivity index (χ0n) is 49.8. The predicted molar refractivity (Wildman–Crippen MR) is 340 cm³/mol. The van der Waals surface area contributed by atoms with Crippen LogP contribution in [0.3, 0.4) is 0 Å². The molecule has 1 aromatic heterocycles. The number of aromatic nitrogens is 1. The van der Waals surface area contributed by atoms with Gasteiger partial charge in [0.1, 0.15) is 10.7 Å². The fraction of sp³-hybridized carbons (Fsp3) is 0.426. The number of hydrogen-bond acceptors (Lipinski definition) is 16. The summed E-state index contributed by atoms with van der Waals surface area (Å²) in [6.07, 6.45) is 2.85. The molecule has 5 aromatic carbocycles. The van der Waals surface area contributed by atoms with E-state index in [2.05, 4.69) is 14.9 Å². The molecule has 6 aromatic rings. The molecule has 8 rings (SSSR count). The Morgan fingerprint density at radius 3 is 2.01 bits per heavy atom. The molecule has 2 fully saturated rings. The number of carbonyl (C=O) groups is 1. The Hall–Kier alpha value is -5.63. The molecule has 0 unspecified atom stereocenters. The molecule has 88 heavy (non-hydrogen) atoms.